The molecule has 164 valence electrons. The van der Waals surface area contributed by atoms with Gasteiger partial charge in [0.2, 0.25) is 0 Å². The largest absolute Gasteiger partial charge is 0.489 e. The second-order valence-electron chi connectivity index (χ2n) is 7.72. The molecule has 0 saturated heterocycles. The maximum absolute atomic E-state index is 14.2. The first-order valence-electron chi connectivity index (χ1n) is 10.5. The first-order valence-corrected chi connectivity index (χ1v) is 10.5. The smallest absolute Gasteiger partial charge is 0.131 e. The Labute approximate surface area is 191 Å². The van der Waals surface area contributed by atoms with Gasteiger partial charge >= 0.3 is 0 Å². The van der Waals surface area contributed by atoms with E-state index in [0.29, 0.717) is 12.4 Å². The van der Waals surface area contributed by atoms with E-state index in [-0.39, 0.29) is 17.0 Å². The molecule has 0 saturated carbocycles. The molecule has 0 atom stereocenters. The first kappa shape index (κ1) is 22.0. The van der Waals surface area contributed by atoms with Gasteiger partial charge in [0.15, 0.2) is 0 Å². The molecule has 0 amide bonds. The molecule has 0 aliphatic carbocycles. The lowest BCUT2D eigenvalue weighted by Gasteiger charge is -2.12. The Morgan fingerprint density at radius 3 is 2.33 bits per heavy atom. The fourth-order valence-electron chi connectivity index (χ4n) is 3.78. The van der Waals surface area contributed by atoms with E-state index >= 15 is 0 Å². The highest BCUT2D eigenvalue weighted by molar-refractivity contribution is 5.90. The van der Waals surface area contributed by atoms with Crippen molar-refractivity contribution in [1.29, 1.82) is 5.26 Å². The van der Waals surface area contributed by atoms with Crippen LogP contribution >= 0.6 is 0 Å². The third kappa shape index (κ3) is 4.86. The number of nitriles is 1. The summed E-state index contributed by atoms with van der Waals surface area (Å²) in [5.74, 6) is 0.0119. The van der Waals surface area contributed by atoms with Crippen LogP contribution in [0.2, 0.25) is 0 Å². The molecule has 0 fully saturated rings. The highest BCUT2D eigenvalue weighted by Gasteiger charge is 2.13. The van der Waals surface area contributed by atoms with Gasteiger partial charge in [0, 0.05) is 22.6 Å². The molecule has 4 rings (SSSR count). The highest BCUT2D eigenvalue weighted by Crippen LogP contribution is 2.27. The number of rotatable bonds is 6. The first-order chi connectivity index (χ1) is 16.0. The molecular formula is C28H22F2N2O. The Bertz CT molecular complexity index is 1340. The summed E-state index contributed by atoms with van der Waals surface area (Å²) < 4.78 is 35.1. The number of hydrogen-bond acceptors (Lipinski definition) is 2. The molecule has 33 heavy (non-hydrogen) atoms. The Balaban J connectivity index is 1.57. The van der Waals surface area contributed by atoms with Gasteiger partial charge in [-0.3, -0.25) is 0 Å². The molecule has 0 N–H and O–H groups in total. The van der Waals surface area contributed by atoms with E-state index < -0.39 is 5.82 Å². The summed E-state index contributed by atoms with van der Waals surface area (Å²) >= 11 is 0. The summed E-state index contributed by atoms with van der Waals surface area (Å²) in [6.45, 7) is 4.30. The molecule has 0 spiro atoms. The van der Waals surface area contributed by atoms with E-state index in [9.17, 15) is 14.0 Å². The second-order valence-corrected chi connectivity index (χ2v) is 7.72. The van der Waals surface area contributed by atoms with Crippen molar-refractivity contribution in [3.63, 3.8) is 0 Å². The number of aryl methyl sites for hydroxylation is 1. The Morgan fingerprint density at radius 1 is 0.970 bits per heavy atom. The molecule has 0 aliphatic heterocycles. The number of benzene rings is 3. The Hall–Kier alpha value is -4.17. The van der Waals surface area contributed by atoms with Crippen molar-refractivity contribution in [3.05, 3.63) is 119 Å². The number of halogens is 2. The van der Waals surface area contributed by atoms with E-state index in [4.69, 9.17) is 4.74 Å². The lowest BCUT2D eigenvalue weighted by molar-refractivity contribution is 0.306. The van der Waals surface area contributed by atoms with Crippen LogP contribution in [-0.2, 0) is 6.61 Å². The molecule has 4 aromatic rings. The van der Waals surface area contributed by atoms with Crippen molar-refractivity contribution < 1.29 is 13.5 Å². The van der Waals surface area contributed by atoms with Crippen molar-refractivity contribution in [2.24, 2.45) is 0 Å². The van der Waals surface area contributed by atoms with Crippen LogP contribution in [-0.4, -0.2) is 4.57 Å². The lowest BCUT2D eigenvalue weighted by Crippen LogP contribution is -2.00. The van der Waals surface area contributed by atoms with Crippen molar-refractivity contribution >= 4 is 11.6 Å². The van der Waals surface area contributed by atoms with Crippen molar-refractivity contribution in [2.75, 3.05) is 0 Å². The Kier molecular flexibility index (Phi) is 6.37. The normalized spacial score (nSPS) is 11.3. The van der Waals surface area contributed by atoms with E-state index in [0.717, 1.165) is 28.2 Å². The number of nitrogens with zero attached hydrogens (tertiary/aromatic N) is 2. The number of allylic oxidation sites excluding steroid dienone is 1. The maximum Gasteiger partial charge on any atom is 0.131 e. The van der Waals surface area contributed by atoms with E-state index in [1.165, 1.54) is 18.2 Å². The predicted octanol–water partition coefficient (Wildman–Crippen LogP) is 7.02. The van der Waals surface area contributed by atoms with Crippen molar-refractivity contribution in [3.8, 4) is 17.5 Å². The van der Waals surface area contributed by atoms with Gasteiger partial charge in [0.25, 0.3) is 0 Å². The van der Waals surface area contributed by atoms with E-state index in [1.54, 1.807) is 36.4 Å². The quantitative estimate of drug-likeness (QED) is 0.302. The minimum absolute atomic E-state index is 0.273. The molecule has 3 aromatic carbocycles. The SMILES string of the molecule is Cc1cc(/C=C(/C#N)c2ccccc2F)c(C)n1-c1ccc(OCc2ccc(F)cc2)cc1. The van der Waals surface area contributed by atoms with Gasteiger partial charge in [-0.1, -0.05) is 30.3 Å². The zero-order valence-corrected chi connectivity index (χ0v) is 18.3. The second kappa shape index (κ2) is 9.54. The zero-order valence-electron chi connectivity index (χ0n) is 18.3. The Morgan fingerprint density at radius 2 is 1.67 bits per heavy atom. The predicted molar refractivity (Wildman–Crippen MR) is 126 cm³/mol. The summed E-state index contributed by atoms with van der Waals surface area (Å²) in [5, 5.41) is 9.60. The standard InChI is InChI=1S/C28H22F2N2O/c1-19-15-22(16-23(17-31)27-5-3-4-6-28(27)30)20(2)32(19)25-11-13-26(14-12-25)33-18-21-7-9-24(29)10-8-21/h3-16H,18H2,1-2H3/b23-16-. The maximum atomic E-state index is 14.2. The fraction of sp³-hybridized carbons (Fsp3) is 0.107. The number of hydrogen-bond donors (Lipinski definition) is 0. The van der Waals surface area contributed by atoms with Gasteiger partial charge in [-0.25, -0.2) is 8.78 Å². The van der Waals surface area contributed by atoms with Crippen molar-refractivity contribution in [1.82, 2.24) is 4.57 Å². The minimum Gasteiger partial charge on any atom is -0.489 e. The van der Waals surface area contributed by atoms with Crippen LogP contribution in [0.3, 0.4) is 0 Å². The monoisotopic (exact) mass is 440 g/mol. The summed E-state index contributed by atoms with van der Waals surface area (Å²) in [7, 11) is 0. The van der Waals surface area contributed by atoms with E-state index in [1.807, 2.05) is 44.2 Å². The molecule has 3 nitrogen and oxygen atoms in total. The lowest BCUT2D eigenvalue weighted by atomic mass is 10.0. The van der Waals surface area contributed by atoms with Crippen LogP contribution in [0.15, 0.2) is 78.9 Å². The molecule has 5 heteroatoms. The van der Waals surface area contributed by atoms with Crippen LogP contribution in [0.25, 0.3) is 17.3 Å². The molecular weight excluding hydrogens is 418 g/mol. The topological polar surface area (TPSA) is 38.0 Å². The summed E-state index contributed by atoms with van der Waals surface area (Å²) in [6.07, 6.45) is 1.72. The molecule has 0 aliphatic rings. The van der Waals surface area contributed by atoms with Gasteiger partial charge in [-0.05, 0) is 79.6 Å². The molecule has 1 aromatic heterocycles. The molecule has 0 bridgehead atoms. The molecule has 1 heterocycles. The summed E-state index contributed by atoms with van der Waals surface area (Å²) in [4.78, 5) is 0. The van der Waals surface area contributed by atoms with Gasteiger partial charge in [0.05, 0.1) is 11.6 Å². The van der Waals surface area contributed by atoms with Gasteiger partial charge in [-0.15, -0.1) is 0 Å². The average Bonchev–Trinajstić information content (AvgIpc) is 3.10. The van der Waals surface area contributed by atoms with Crippen LogP contribution in [0.4, 0.5) is 8.78 Å². The minimum atomic E-state index is -0.421. The fourth-order valence-corrected chi connectivity index (χ4v) is 3.78. The van der Waals surface area contributed by atoms with E-state index in [2.05, 4.69) is 10.6 Å². The number of aromatic nitrogens is 1. The summed E-state index contributed by atoms with van der Waals surface area (Å²) in [5.41, 5.74) is 5.18. The van der Waals surface area contributed by atoms with Crippen LogP contribution < -0.4 is 4.74 Å². The zero-order chi connectivity index (χ0) is 23.4. The van der Waals surface area contributed by atoms with Gasteiger partial charge in [0.1, 0.15) is 24.0 Å². The highest BCUT2D eigenvalue weighted by atomic mass is 19.1. The third-order valence-corrected chi connectivity index (χ3v) is 5.47. The molecule has 0 unspecified atom stereocenters. The number of ether oxygens (including phenoxy) is 1. The van der Waals surface area contributed by atoms with Crippen molar-refractivity contribution in [2.45, 2.75) is 20.5 Å². The van der Waals surface area contributed by atoms with Crippen LogP contribution in [0.5, 0.6) is 5.75 Å². The van der Waals surface area contributed by atoms with Crippen LogP contribution in [0.1, 0.15) is 28.1 Å². The summed E-state index contributed by atoms with van der Waals surface area (Å²) in [6, 6.07) is 24.3. The van der Waals surface area contributed by atoms with Crippen LogP contribution in [0, 0.1) is 36.8 Å². The van der Waals surface area contributed by atoms with Gasteiger partial charge < -0.3 is 9.30 Å². The average molecular weight is 440 g/mol. The third-order valence-electron chi connectivity index (χ3n) is 5.47. The molecule has 0 radical (unpaired) electrons. The van der Waals surface area contributed by atoms with Gasteiger partial charge in [-0.2, -0.15) is 5.26 Å².